The second kappa shape index (κ2) is 4.77. The molecule has 106 valence electrons. The van der Waals surface area contributed by atoms with Crippen molar-refractivity contribution >= 4 is 17.2 Å². The molecule has 2 saturated heterocycles. The molecule has 0 amide bonds. The highest BCUT2D eigenvalue weighted by Gasteiger charge is 2.40. The summed E-state index contributed by atoms with van der Waals surface area (Å²) in [5.74, 6) is 0.566. The van der Waals surface area contributed by atoms with Crippen molar-refractivity contribution in [1.82, 2.24) is 0 Å². The number of ether oxygens (including phenoxy) is 1. The molecular formula is C14H16N2O4. The van der Waals surface area contributed by atoms with Gasteiger partial charge in [0.2, 0.25) is 0 Å². The van der Waals surface area contributed by atoms with Gasteiger partial charge in [-0.15, -0.1) is 0 Å². The number of nitro benzene ring substituents is 1. The third-order valence-corrected chi connectivity index (χ3v) is 4.20. The zero-order chi connectivity index (χ0) is 14.3. The van der Waals surface area contributed by atoms with Crippen LogP contribution in [-0.4, -0.2) is 29.9 Å². The zero-order valence-corrected chi connectivity index (χ0v) is 11.2. The molecule has 2 aliphatic heterocycles. The van der Waals surface area contributed by atoms with Crippen LogP contribution in [0.4, 0.5) is 11.4 Å². The van der Waals surface area contributed by atoms with E-state index in [1.165, 1.54) is 7.11 Å². The number of Topliss-reactive ketones (excluding diaryl/α,β-unsaturated/α-hetero) is 1. The van der Waals surface area contributed by atoms with Gasteiger partial charge in [0, 0.05) is 36.7 Å². The van der Waals surface area contributed by atoms with E-state index in [9.17, 15) is 14.9 Å². The number of benzene rings is 1. The fourth-order valence-corrected chi connectivity index (χ4v) is 3.37. The van der Waals surface area contributed by atoms with E-state index < -0.39 is 4.92 Å². The van der Waals surface area contributed by atoms with Crippen molar-refractivity contribution in [2.45, 2.75) is 37.8 Å². The van der Waals surface area contributed by atoms with E-state index in [0.717, 1.165) is 18.5 Å². The van der Waals surface area contributed by atoms with Crippen molar-refractivity contribution < 1.29 is 14.5 Å². The molecule has 3 rings (SSSR count). The van der Waals surface area contributed by atoms with Gasteiger partial charge in [-0.2, -0.15) is 0 Å². The van der Waals surface area contributed by atoms with Gasteiger partial charge in [0.25, 0.3) is 0 Å². The number of rotatable bonds is 3. The van der Waals surface area contributed by atoms with E-state index in [-0.39, 0.29) is 23.5 Å². The summed E-state index contributed by atoms with van der Waals surface area (Å²) in [6, 6.07) is 5.40. The molecule has 2 unspecified atom stereocenters. The summed E-state index contributed by atoms with van der Waals surface area (Å²) in [4.78, 5) is 24.5. The molecule has 6 heteroatoms. The predicted octanol–water partition coefficient (Wildman–Crippen LogP) is 2.30. The number of hydrogen-bond acceptors (Lipinski definition) is 5. The maximum Gasteiger partial charge on any atom is 0.312 e. The summed E-state index contributed by atoms with van der Waals surface area (Å²) >= 11 is 0. The number of carbonyl (C=O) groups excluding carboxylic acids is 1. The Balaban J connectivity index is 1.97. The molecule has 0 radical (unpaired) electrons. The molecule has 2 heterocycles. The molecule has 0 saturated carbocycles. The Labute approximate surface area is 116 Å². The minimum Gasteiger partial charge on any atom is -0.490 e. The van der Waals surface area contributed by atoms with Crippen LogP contribution in [0.25, 0.3) is 0 Å². The standard InChI is InChI=1S/C14H16N2O4/c1-20-14-5-4-11(8-13(14)16(18)19)15-9-2-3-10(15)7-12(17)6-9/h4-5,8-10H,2-3,6-7H2,1H3. The quantitative estimate of drug-likeness (QED) is 0.625. The number of methoxy groups -OCH3 is 1. The first kappa shape index (κ1) is 12.9. The number of anilines is 1. The molecule has 20 heavy (non-hydrogen) atoms. The average molecular weight is 276 g/mol. The Bertz CT molecular complexity index is 556. The molecule has 0 spiro atoms. The fraction of sp³-hybridized carbons (Fsp3) is 0.500. The lowest BCUT2D eigenvalue weighted by molar-refractivity contribution is -0.385. The van der Waals surface area contributed by atoms with E-state index in [0.29, 0.717) is 18.6 Å². The van der Waals surface area contributed by atoms with Crippen molar-refractivity contribution in [3.8, 4) is 5.75 Å². The van der Waals surface area contributed by atoms with Gasteiger partial charge in [-0.25, -0.2) is 0 Å². The topological polar surface area (TPSA) is 72.7 Å². The molecule has 2 bridgehead atoms. The molecule has 2 fully saturated rings. The third-order valence-electron chi connectivity index (χ3n) is 4.20. The van der Waals surface area contributed by atoms with Crippen molar-refractivity contribution in [3.63, 3.8) is 0 Å². The van der Waals surface area contributed by atoms with Crippen LogP contribution in [0.5, 0.6) is 5.75 Å². The highest BCUT2D eigenvalue weighted by atomic mass is 16.6. The largest absolute Gasteiger partial charge is 0.490 e. The van der Waals surface area contributed by atoms with E-state index in [1.54, 1.807) is 12.1 Å². The van der Waals surface area contributed by atoms with Crippen LogP contribution in [0.1, 0.15) is 25.7 Å². The lowest BCUT2D eigenvalue weighted by Crippen LogP contribution is -2.43. The summed E-state index contributed by atoms with van der Waals surface area (Å²) in [6.07, 6.45) is 3.07. The predicted molar refractivity (Wildman–Crippen MR) is 73.2 cm³/mol. The van der Waals surface area contributed by atoms with Crippen LogP contribution in [0, 0.1) is 10.1 Å². The van der Waals surface area contributed by atoms with Gasteiger partial charge in [0.15, 0.2) is 5.75 Å². The van der Waals surface area contributed by atoms with E-state index in [4.69, 9.17) is 4.74 Å². The van der Waals surface area contributed by atoms with Crippen molar-refractivity contribution in [2.24, 2.45) is 0 Å². The van der Waals surface area contributed by atoms with Gasteiger partial charge in [0.05, 0.1) is 12.0 Å². The monoisotopic (exact) mass is 276 g/mol. The molecule has 0 aliphatic carbocycles. The Kier molecular flexibility index (Phi) is 3.08. The summed E-state index contributed by atoms with van der Waals surface area (Å²) in [7, 11) is 1.42. The number of carbonyl (C=O) groups is 1. The molecule has 1 aromatic rings. The first-order chi connectivity index (χ1) is 9.60. The number of nitro groups is 1. The van der Waals surface area contributed by atoms with E-state index >= 15 is 0 Å². The molecule has 1 aromatic carbocycles. The highest BCUT2D eigenvalue weighted by Crippen LogP contribution is 2.40. The van der Waals surface area contributed by atoms with Gasteiger partial charge in [-0.1, -0.05) is 0 Å². The van der Waals surface area contributed by atoms with Gasteiger partial charge >= 0.3 is 5.69 Å². The zero-order valence-electron chi connectivity index (χ0n) is 11.2. The Hall–Kier alpha value is -2.11. The second-order valence-electron chi connectivity index (χ2n) is 5.35. The normalized spacial score (nSPS) is 24.9. The lowest BCUT2D eigenvalue weighted by Gasteiger charge is -2.36. The first-order valence-corrected chi connectivity index (χ1v) is 6.72. The van der Waals surface area contributed by atoms with Crippen LogP contribution in [0.3, 0.4) is 0 Å². The minimum absolute atomic E-state index is 0.0266. The summed E-state index contributed by atoms with van der Waals surface area (Å²) in [6.45, 7) is 0. The maximum atomic E-state index is 11.6. The van der Waals surface area contributed by atoms with Crippen molar-refractivity contribution in [3.05, 3.63) is 28.3 Å². The van der Waals surface area contributed by atoms with Gasteiger partial charge in [-0.3, -0.25) is 14.9 Å². The van der Waals surface area contributed by atoms with Crippen LogP contribution in [0.15, 0.2) is 18.2 Å². The summed E-state index contributed by atoms with van der Waals surface area (Å²) in [5, 5.41) is 11.1. The van der Waals surface area contributed by atoms with Gasteiger partial charge in [0.1, 0.15) is 5.78 Å². The fourth-order valence-electron chi connectivity index (χ4n) is 3.37. The molecule has 0 aromatic heterocycles. The molecular weight excluding hydrogens is 260 g/mol. The lowest BCUT2D eigenvalue weighted by atomic mass is 10.0. The third kappa shape index (κ3) is 2.01. The number of piperidine rings is 1. The number of nitrogens with zero attached hydrogens (tertiary/aromatic N) is 2. The summed E-state index contributed by atoms with van der Waals surface area (Å²) < 4.78 is 5.02. The van der Waals surface area contributed by atoms with Gasteiger partial charge in [-0.05, 0) is 25.0 Å². The van der Waals surface area contributed by atoms with E-state index in [1.807, 2.05) is 6.07 Å². The van der Waals surface area contributed by atoms with Crippen molar-refractivity contribution in [1.29, 1.82) is 0 Å². The highest BCUT2D eigenvalue weighted by molar-refractivity contribution is 5.83. The molecule has 2 aliphatic rings. The maximum absolute atomic E-state index is 11.6. The van der Waals surface area contributed by atoms with Crippen molar-refractivity contribution in [2.75, 3.05) is 12.0 Å². The first-order valence-electron chi connectivity index (χ1n) is 6.72. The number of ketones is 1. The Morgan fingerprint density at radius 3 is 2.50 bits per heavy atom. The average Bonchev–Trinajstić information content (AvgIpc) is 2.70. The van der Waals surface area contributed by atoms with E-state index in [2.05, 4.69) is 4.90 Å². The molecule has 2 atom stereocenters. The second-order valence-corrected chi connectivity index (χ2v) is 5.35. The van der Waals surface area contributed by atoms with Crippen LogP contribution >= 0.6 is 0 Å². The van der Waals surface area contributed by atoms with Crippen LogP contribution in [-0.2, 0) is 4.79 Å². The summed E-state index contributed by atoms with van der Waals surface area (Å²) in [5.41, 5.74) is 0.791. The molecule has 6 nitrogen and oxygen atoms in total. The SMILES string of the molecule is COc1ccc(N2C3CCC2CC(=O)C3)cc1[N+](=O)[O-]. The van der Waals surface area contributed by atoms with Crippen LogP contribution < -0.4 is 9.64 Å². The van der Waals surface area contributed by atoms with Crippen LogP contribution in [0.2, 0.25) is 0 Å². The molecule has 0 N–H and O–H groups in total. The smallest absolute Gasteiger partial charge is 0.312 e. The Morgan fingerprint density at radius 2 is 1.95 bits per heavy atom. The number of fused-ring (bicyclic) bond motifs is 2. The Morgan fingerprint density at radius 1 is 1.30 bits per heavy atom. The van der Waals surface area contributed by atoms with Gasteiger partial charge < -0.3 is 9.64 Å². The number of hydrogen-bond donors (Lipinski definition) is 0. The minimum atomic E-state index is -0.431.